The Labute approximate surface area is 89.3 Å². The van der Waals surface area contributed by atoms with Crippen molar-refractivity contribution in [3.05, 3.63) is 0 Å². The zero-order valence-corrected chi connectivity index (χ0v) is 9.76. The number of ether oxygens (including phenoxy) is 3. The third-order valence-electron chi connectivity index (χ3n) is 1.39. The average molecular weight is 222 g/mol. The molecule has 14 heavy (non-hydrogen) atoms. The van der Waals surface area contributed by atoms with Gasteiger partial charge >= 0.3 is 5.97 Å². The molecule has 4 nitrogen and oxygen atoms in total. The Morgan fingerprint density at radius 1 is 1.29 bits per heavy atom. The lowest BCUT2D eigenvalue weighted by Gasteiger charge is -2.15. The molecule has 0 atom stereocenters. The lowest BCUT2D eigenvalue weighted by atomic mass is 10.5. The molecule has 0 rings (SSSR count). The van der Waals surface area contributed by atoms with Crippen molar-refractivity contribution in [3.63, 3.8) is 0 Å². The van der Waals surface area contributed by atoms with Crippen molar-refractivity contribution in [2.24, 2.45) is 0 Å². The predicted molar refractivity (Wildman–Crippen MR) is 56.1 cm³/mol. The highest BCUT2D eigenvalue weighted by Crippen LogP contribution is 2.15. The normalized spacial score (nSPS) is 10.6. The molecule has 0 aliphatic rings. The number of esters is 1. The van der Waals surface area contributed by atoms with Crippen molar-refractivity contribution in [1.82, 2.24) is 0 Å². The maximum absolute atomic E-state index is 10.8. The number of hydrogen-bond acceptors (Lipinski definition) is 5. The Bertz CT molecular complexity index is 146. The molecule has 84 valence electrons. The predicted octanol–water partition coefficient (Wildman–Crippen LogP) is 1.64. The molecule has 0 bridgehead atoms. The fourth-order valence-corrected chi connectivity index (χ4v) is 1.70. The summed E-state index contributed by atoms with van der Waals surface area (Å²) in [4.78, 5) is 10.8. The van der Waals surface area contributed by atoms with E-state index in [1.807, 2.05) is 13.8 Å². The van der Waals surface area contributed by atoms with Crippen molar-refractivity contribution in [1.29, 1.82) is 0 Å². The van der Waals surface area contributed by atoms with Crippen molar-refractivity contribution >= 4 is 17.7 Å². The highest BCUT2D eigenvalue weighted by molar-refractivity contribution is 7.99. The van der Waals surface area contributed by atoms with Crippen LogP contribution in [0.15, 0.2) is 0 Å². The summed E-state index contributed by atoms with van der Waals surface area (Å²) < 4.78 is 15.1. The topological polar surface area (TPSA) is 44.8 Å². The summed E-state index contributed by atoms with van der Waals surface area (Å²) in [7, 11) is 1.38. The van der Waals surface area contributed by atoms with Crippen molar-refractivity contribution in [3.8, 4) is 0 Å². The van der Waals surface area contributed by atoms with E-state index in [9.17, 15) is 4.79 Å². The molecule has 0 amide bonds. The Morgan fingerprint density at radius 3 is 2.29 bits per heavy atom. The number of methoxy groups -OCH3 is 1. The van der Waals surface area contributed by atoms with Crippen LogP contribution in [0.25, 0.3) is 0 Å². The molecule has 0 aromatic heterocycles. The van der Waals surface area contributed by atoms with E-state index in [0.29, 0.717) is 25.4 Å². The van der Waals surface area contributed by atoms with Crippen molar-refractivity contribution in [2.45, 2.75) is 25.9 Å². The molecule has 0 aromatic rings. The molecule has 0 saturated carbocycles. The summed E-state index contributed by atoms with van der Waals surface area (Å²) in [6.45, 7) is 5.03. The van der Waals surface area contributed by atoms with E-state index in [2.05, 4.69) is 4.74 Å². The fourth-order valence-electron chi connectivity index (χ4n) is 0.757. The smallest absolute Gasteiger partial charge is 0.306 e. The number of hydrogen-bond donors (Lipinski definition) is 0. The van der Waals surface area contributed by atoms with E-state index in [4.69, 9.17) is 9.47 Å². The van der Waals surface area contributed by atoms with Crippen LogP contribution in [-0.4, -0.2) is 37.7 Å². The lowest BCUT2D eigenvalue weighted by Crippen LogP contribution is -2.14. The minimum atomic E-state index is -0.269. The van der Waals surface area contributed by atoms with Gasteiger partial charge in [-0.05, 0) is 13.8 Å². The van der Waals surface area contributed by atoms with Crippen LogP contribution in [-0.2, 0) is 19.0 Å². The average Bonchev–Trinajstić information content (AvgIpc) is 2.18. The highest BCUT2D eigenvalue weighted by Gasteiger charge is 2.09. The van der Waals surface area contributed by atoms with Crippen LogP contribution in [0.3, 0.4) is 0 Å². The second-order valence-corrected chi connectivity index (χ2v) is 3.52. The number of thioether (sulfide) groups is 1. The largest absolute Gasteiger partial charge is 0.469 e. The van der Waals surface area contributed by atoms with E-state index >= 15 is 0 Å². The van der Waals surface area contributed by atoms with Gasteiger partial charge in [0.25, 0.3) is 0 Å². The summed E-state index contributed by atoms with van der Waals surface area (Å²) in [5, 5.41) is 0. The Balaban J connectivity index is 3.54. The van der Waals surface area contributed by atoms with Crippen molar-refractivity contribution in [2.75, 3.05) is 26.1 Å². The summed E-state index contributed by atoms with van der Waals surface area (Å²) in [5.41, 5.74) is -0.269. The Kier molecular flexibility index (Phi) is 9.13. The number of rotatable bonds is 8. The molecule has 0 N–H and O–H groups in total. The van der Waals surface area contributed by atoms with Crippen molar-refractivity contribution < 1.29 is 19.0 Å². The van der Waals surface area contributed by atoms with Gasteiger partial charge in [-0.2, -0.15) is 0 Å². The Morgan fingerprint density at radius 2 is 1.86 bits per heavy atom. The first-order valence-electron chi connectivity index (χ1n) is 4.66. The molecule has 0 fully saturated rings. The third-order valence-corrected chi connectivity index (χ3v) is 2.38. The van der Waals surface area contributed by atoms with Gasteiger partial charge in [-0.15, -0.1) is 11.8 Å². The quantitative estimate of drug-likeness (QED) is 0.461. The molecule has 0 aromatic carbocycles. The van der Waals surface area contributed by atoms with E-state index < -0.39 is 0 Å². The Hall–Kier alpha value is -0.260. The van der Waals surface area contributed by atoms with E-state index in [1.54, 1.807) is 0 Å². The SMILES string of the molecule is CCOC(OCC)SCCC(=O)OC. The lowest BCUT2D eigenvalue weighted by molar-refractivity contribution is -0.140. The minimum Gasteiger partial charge on any atom is -0.469 e. The van der Waals surface area contributed by atoms with E-state index in [-0.39, 0.29) is 11.6 Å². The van der Waals surface area contributed by atoms with Gasteiger partial charge in [0.15, 0.2) is 0 Å². The van der Waals surface area contributed by atoms with Crippen LogP contribution in [0.4, 0.5) is 0 Å². The van der Waals surface area contributed by atoms with Crippen LogP contribution >= 0.6 is 11.8 Å². The molecular formula is C9H18O4S. The molecule has 0 aliphatic heterocycles. The van der Waals surface area contributed by atoms with Gasteiger partial charge in [-0.1, -0.05) is 0 Å². The zero-order chi connectivity index (χ0) is 10.8. The monoisotopic (exact) mass is 222 g/mol. The maximum Gasteiger partial charge on any atom is 0.306 e. The molecule has 0 spiro atoms. The first kappa shape index (κ1) is 13.7. The summed E-state index contributed by atoms with van der Waals surface area (Å²) in [6, 6.07) is 0. The molecule has 5 heteroatoms. The number of carbonyl (C=O) groups is 1. The fraction of sp³-hybridized carbons (Fsp3) is 0.889. The second kappa shape index (κ2) is 9.30. The molecule has 0 heterocycles. The van der Waals surface area contributed by atoms with Crippen LogP contribution in [0.5, 0.6) is 0 Å². The molecule has 0 saturated heterocycles. The summed E-state index contributed by atoms with van der Waals surface area (Å²) in [5.74, 6) is 0.446. The zero-order valence-electron chi connectivity index (χ0n) is 8.95. The van der Waals surface area contributed by atoms with Crippen LogP contribution < -0.4 is 0 Å². The first-order valence-corrected chi connectivity index (χ1v) is 5.71. The molecule has 0 unspecified atom stereocenters. The summed E-state index contributed by atoms with van der Waals surface area (Å²) >= 11 is 1.47. The molecule has 0 radical (unpaired) electrons. The first-order chi connectivity index (χ1) is 6.74. The second-order valence-electron chi connectivity index (χ2n) is 2.40. The van der Waals surface area contributed by atoms with Gasteiger partial charge in [0, 0.05) is 19.0 Å². The van der Waals surface area contributed by atoms with E-state index in [1.165, 1.54) is 18.9 Å². The van der Waals surface area contributed by atoms with Crippen LogP contribution in [0, 0.1) is 0 Å². The molecule has 0 aliphatic carbocycles. The highest BCUT2D eigenvalue weighted by atomic mass is 32.2. The van der Waals surface area contributed by atoms with Gasteiger partial charge in [-0.3, -0.25) is 4.79 Å². The standard InChI is InChI=1S/C9H18O4S/c1-4-12-9(13-5-2)14-7-6-8(10)11-3/h9H,4-7H2,1-3H3. The van der Waals surface area contributed by atoms with Gasteiger partial charge in [0.2, 0.25) is 5.62 Å². The van der Waals surface area contributed by atoms with Gasteiger partial charge in [0.05, 0.1) is 13.5 Å². The number of carbonyl (C=O) groups excluding carboxylic acids is 1. The summed E-state index contributed by atoms with van der Waals surface area (Å²) in [6.07, 6.45) is 0.387. The van der Waals surface area contributed by atoms with Gasteiger partial charge in [-0.25, -0.2) is 0 Å². The third kappa shape index (κ3) is 7.17. The molecular weight excluding hydrogens is 204 g/mol. The minimum absolute atomic E-state index is 0.204. The van der Waals surface area contributed by atoms with Gasteiger partial charge in [0.1, 0.15) is 0 Å². The van der Waals surface area contributed by atoms with Gasteiger partial charge < -0.3 is 14.2 Å². The van der Waals surface area contributed by atoms with Crippen LogP contribution in [0.1, 0.15) is 20.3 Å². The van der Waals surface area contributed by atoms with E-state index in [0.717, 1.165) is 0 Å². The maximum atomic E-state index is 10.8. The van der Waals surface area contributed by atoms with Crippen LogP contribution in [0.2, 0.25) is 0 Å².